The quantitative estimate of drug-likeness (QED) is 0.569. The van der Waals surface area contributed by atoms with E-state index in [4.69, 9.17) is 0 Å². The second-order valence-electron chi connectivity index (χ2n) is 5.93. The highest BCUT2D eigenvalue weighted by Gasteiger charge is 2.36. The summed E-state index contributed by atoms with van der Waals surface area (Å²) in [5.41, 5.74) is 3.38. The monoisotopic (exact) mass is 361 g/mol. The summed E-state index contributed by atoms with van der Waals surface area (Å²) in [4.78, 5) is 0. The van der Waals surface area contributed by atoms with Crippen molar-refractivity contribution in [1.29, 1.82) is 5.26 Å². The number of β-amino-alcohol motifs (C(OH)–C–C–N with tert-alkyl or cyclic N) is 1. The molecule has 1 saturated heterocycles. The SMILES string of the molecule is Cc1cccc(Cc2ccc(N3CC(O)NS3(O)O)c(O)c2)c1C#N. The van der Waals surface area contributed by atoms with Crippen LogP contribution in [0, 0.1) is 18.3 Å². The molecule has 1 unspecified atom stereocenters. The van der Waals surface area contributed by atoms with Gasteiger partial charge in [-0.3, -0.25) is 13.4 Å². The number of aliphatic hydroxyl groups excluding tert-OH is 1. The molecule has 2 aromatic carbocycles. The molecule has 0 radical (unpaired) electrons. The molecule has 0 saturated carbocycles. The third-order valence-electron chi connectivity index (χ3n) is 4.11. The number of nitrogens with zero attached hydrogens (tertiary/aromatic N) is 2. The second kappa shape index (κ2) is 6.55. The highest BCUT2D eigenvalue weighted by atomic mass is 32.3. The van der Waals surface area contributed by atoms with Crippen LogP contribution in [-0.4, -0.2) is 32.1 Å². The number of aromatic hydroxyl groups is 1. The molecule has 1 aliphatic heterocycles. The van der Waals surface area contributed by atoms with Crippen LogP contribution in [0.15, 0.2) is 36.4 Å². The number of aryl methyl sites for hydroxylation is 1. The number of anilines is 1. The van der Waals surface area contributed by atoms with Gasteiger partial charge in [-0.05, 0) is 42.2 Å². The standard InChI is InChI=1S/C17H19N3O4S/c1-11-3-2-4-13(14(11)9-18)7-12-5-6-15(16(21)8-12)20-10-17(22)19-25(20,23)24/h2-6,8,17,19,21-24H,7,10H2,1H3. The van der Waals surface area contributed by atoms with Crippen molar-refractivity contribution in [2.75, 3.05) is 10.8 Å². The molecule has 1 heterocycles. The van der Waals surface area contributed by atoms with Gasteiger partial charge in [0.1, 0.15) is 17.7 Å². The first-order valence-corrected chi connectivity index (χ1v) is 9.14. The van der Waals surface area contributed by atoms with E-state index in [1.165, 1.54) is 6.07 Å². The molecule has 0 amide bonds. The summed E-state index contributed by atoms with van der Waals surface area (Å²) in [7, 11) is -3.37. The Morgan fingerprint density at radius 2 is 2.08 bits per heavy atom. The van der Waals surface area contributed by atoms with Crippen molar-refractivity contribution in [3.05, 3.63) is 58.7 Å². The molecule has 0 bridgehead atoms. The Labute approximate surface area is 147 Å². The fourth-order valence-electron chi connectivity index (χ4n) is 2.93. The normalized spacial score (nSPS) is 20.3. The van der Waals surface area contributed by atoms with Crippen LogP contribution in [-0.2, 0) is 6.42 Å². The van der Waals surface area contributed by atoms with E-state index >= 15 is 0 Å². The van der Waals surface area contributed by atoms with Crippen molar-refractivity contribution in [1.82, 2.24) is 4.72 Å². The highest BCUT2D eigenvalue weighted by Crippen LogP contribution is 2.49. The zero-order chi connectivity index (χ0) is 18.2. The maximum Gasteiger partial charge on any atom is 0.142 e. The molecule has 1 aliphatic rings. The van der Waals surface area contributed by atoms with Crippen LogP contribution in [0.4, 0.5) is 5.69 Å². The Bertz CT molecular complexity index is 850. The Morgan fingerprint density at radius 3 is 2.68 bits per heavy atom. The number of hydrogen-bond acceptors (Lipinski definition) is 7. The van der Waals surface area contributed by atoms with Gasteiger partial charge in [-0.1, -0.05) is 35.2 Å². The fraction of sp³-hybridized carbons (Fsp3) is 0.235. The molecular weight excluding hydrogens is 342 g/mol. The number of nitrogens with one attached hydrogen (secondary N) is 1. The maximum absolute atomic E-state index is 10.3. The average Bonchev–Trinajstić information content (AvgIpc) is 2.80. The number of nitriles is 1. The molecule has 5 N–H and O–H groups in total. The molecule has 1 fully saturated rings. The Balaban J connectivity index is 1.89. The van der Waals surface area contributed by atoms with Gasteiger partial charge in [-0.25, -0.2) is 0 Å². The van der Waals surface area contributed by atoms with E-state index in [1.807, 2.05) is 25.1 Å². The van der Waals surface area contributed by atoms with Gasteiger partial charge < -0.3 is 10.2 Å². The van der Waals surface area contributed by atoms with Crippen LogP contribution in [0.25, 0.3) is 0 Å². The molecule has 7 nitrogen and oxygen atoms in total. The van der Waals surface area contributed by atoms with Crippen molar-refractivity contribution in [3.8, 4) is 11.8 Å². The molecular formula is C17H19N3O4S. The smallest absolute Gasteiger partial charge is 0.142 e. The summed E-state index contributed by atoms with van der Waals surface area (Å²) in [6, 6.07) is 12.7. The van der Waals surface area contributed by atoms with Gasteiger partial charge in [0.15, 0.2) is 0 Å². The first kappa shape index (κ1) is 17.5. The molecule has 0 spiro atoms. The van der Waals surface area contributed by atoms with Crippen LogP contribution < -0.4 is 9.03 Å². The average molecular weight is 361 g/mol. The summed E-state index contributed by atoms with van der Waals surface area (Å²) in [5, 5.41) is 29.2. The molecule has 1 atom stereocenters. The molecule has 0 aromatic heterocycles. The van der Waals surface area contributed by atoms with E-state index in [2.05, 4.69) is 10.8 Å². The Hall–Kier alpha value is -2.28. The van der Waals surface area contributed by atoms with E-state index in [0.29, 0.717) is 12.0 Å². The Morgan fingerprint density at radius 1 is 1.32 bits per heavy atom. The van der Waals surface area contributed by atoms with E-state index in [-0.39, 0.29) is 18.0 Å². The summed E-state index contributed by atoms with van der Waals surface area (Å²) >= 11 is 0. The number of rotatable bonds is 3. The number of aliphatic hydroxyl groups is 1. The van der Waals surface area contributed by atoms with Crippen LogP contribution >= 0.6 is 11.0 Å². The van der Waals surface area contributed by atoms with Crippen molar-refractivity contribution < 1.29 is 19.3 Å². The zero-order valence-electron chi connectivity index (χ0n) is 13.5. The van der Waals surface area contributed by atoms with Gasteiger partial charge in [0, 0.05) is 0 Å². The highest BCUT2D eigenvalue weighted by molar-refractivity contribution is 8.24. The summed E-state index contributed by atoms with van der Waals surface area (Å²) in [5.74, 6) is -0.125. The summed E-state index contributed by atoms with van der Waals surface area (Å²) in [6.07, 6.45) is -0.621. The number of phenolic OH excluding ortho intramolecular Hbond substituents is 1. The fourth-order valence-corrected chi connectivity index (χ4v) is 4.27. The van der Waals surface area contributed by atoms with Crippen molar-refractivity contribution in [2.24, 2.45) is 0 Å². The molecule has 8 heteroatoms. The number of phenols is 1. The zero-order valence-corrected chi connectivity index (χ0v) is 14.4. The minimum absolute atomic E-state index is 0.0499. The van der Waals surface area contributed by atoms with E-state index < -0.39 is 17.2 Å². The second-order valence-corrected chi connectivity index (χ2v) is 7.65. The van der Waals surface area contributed by atoms with E-state index in [9.17, 15) is 24.6 Å². The molecule has 132 valence electrons. The van der Waals surface area contributed by atoms with Gasteiger partial charge in [0.2, 0.25) is 0 Å². The molecule has 2 aromatic rings. The van der Waals surface area contributed by atoms with E-state index in [1.54, 1.807) is 12.1 Å². The predicted octanol–water partition coefficient (Wildman–Crippen LogP) is 2.47. The maximum atomic E-state index is 10.3. The number of benzene rings is 2. The van der Waals surface area contributed by atoms with Crippen LogP contribution in [0.2, 0.25) is 0 Å². The molecule has 25 heavy (non-hydrogen) atoms. The van der Waals surface area contributed by atoms with Gasteiger partial charge in [-0.15, -0.1) is 0 Å². The lowest BCUT2D eigenvalue weighted by Gasteiger charge is -2.36. The van der Waals surface area contributed by atoms with Gasteiger partial charge >= 0.3 is 0 Å². The van der Waals surface area contributed by atoms with Crippen molar-refractivity contribution in [2.45, 2.75) is 19.6 Å². The van der Waals surface area contributed by atoms with Gasteiger partial charge in [-0.2, -0.15) is 9.98 Å². The predicted molar refractivity (Wildman–Crippen MR) is 96.1 cm³/mol. The van der Waals surface area contributed by atoms with Crippen LogP contribution in [0.1, 0.15) is 22.3 Å². The lowest BCUT2D eigenvalue weighted by atomic mass is 9.97. The third-order valence-corrected chi connectivity index (χ3v) is 5.66. The lowest BCUT2D eigenvalue weighted by molar-refractivity contribution is 0.182. The Kier molecular flexibility index (Phi) is 4.60. The summed E-state index contributed by atoms with van der Waals surface area (Å²) < 4.78 is 23.3. The minimum atomic E-state index is -3.37. The largest absolute Gasteiger partial charge is 0.506 e. The lowest BCUT2D eigenvalue weighted by Crippen LogP contribution is -2.25. The topological polar surface area (TPSA) is 120 Å². The van der Waals surface area contributed by atoms with Crippen LogP contribution in [0.5, 0.6) is 5.75 Å². The van der Waals surface area contributed by atoms with E-state index in [0.717, 1.165) is 21.0 Å². The first-order valence-electron chi connectivity index (χ1n) is 7.63. The van der Waals surface area contributed by atoms with Crippen molar-refractivity contribution >= 4 is 16.6 Å². The van der Waals surface area contributed by atoms with Gasteiger partial charge in [0.05, 0.1) is 18.2 Å². The van der Waals surface area contributed by atoms with Gasteiger partial charge in [0.25, 0.3) is 0 Å². The third kappa shape index (κ3) is 3.42. The molecule has 3 rings (SSSR count). The first-order chi connectivity index (χ1) is 11.8. The number of hydrogen-bond donors (Lipinski definition) is 5. The van der Waals surface area contributed by atoms with Crippen LogP contribution in [0.3, 0.4) is 0 Å². The summed E-state index contributed by atoms with van der Waals surface area (Å²) in [6.45, 7) is 1.82. The minimum Gasteiger partial charge on any atom is -0.506 e. The molecule has 0 aliphatic carbocycles. The van der Waals surface area contributed by atoms with Crippen molar-refractivity contribution in [3.63, 3.8) is 0 Å².